The van der Waals surface area contributed by atoms with Crippen molar-refractivity contribution in [1.29, 1.82) is 0 Å². The maximum absolute atomic E-state index is 13.9. The molecule has 1 atom stereocenters. The molecule has 0 aliphatic rings. The molecule has 0 saturated carbocycles. The van der Waals surface area contributed by atoms with Crippen LogP contribution in [0.5, 0.6) is 0 Å². The lowest BCUT2D eigenvalue weighted by Gasteiger charge is -2.20. The van der Waals surface area contributed by atoms with Crippen LogP contribution < -0.4 is 5.32 Å². The van der Waals surface area contributed by atoms with Gasteiger partial charge in [0.05, 0.1) is 16.8 Å². The summed E-state index contributed by atoms with van der Waals surface area (Å²) in [6.07, 6.45) is 1.55. The van der Waals surface area contributed by atoms with Crippen LogP contribution in [0.3, 0.4) is 0 Å². The molecule has 0 aliphatic heterocycles. The van der Waals surface area contributed by atoms with Gasteiger partial charge in [-0.05, 0) is 30.8 Å². The summed E-state index contributed by atoms with van der Waals surface area (Å²) in [6, 6.07) is 6.38. The molecule has 0 bridgehead atoms. The molecule has 1 N–H and O–H groups in total. The smallest absolute Gasteiger partial charge is 0.131 e. The first-order chi connectivity index (χ1) is 9.15. The molecule has 0 spiro atoms. The molecular formula is C14H13ClF2N2. The molecule has 2 rings (SSSR count). The molecule has 5 heteroatoms. The quantitative estimate of drug-likeness (QED) is 0.925. The van der Waals surface area contributed by atoms with Gasteiger partial charge in [0.15, 0.2) is 0 Å². The van der Waals surface area contributed by atoms with Crippen molar-refractivity contribution in [3.8, 4) is 0 Å². The highest BCUT2D eigenvalue weighted by Gasteiger charge is 2.23. The van der Waals surface area contributed by atoms with E-state index in [2.05, 4.69) is 10.3 Å². The molecule has 1 aromatic carbocycles. The molecule has 0 amide bonds. The SMILES string of the molecule is CCNC(c1ncccc1Cl)c1c(F)cccc1F. The van der Waals surface area contributed by atoms with Gasteiger partial charge < -0.3 is 5.32 Å². The number of aromatic nitrogens is 1. The van der Waals surface area contributed by atoms with E-state index in [1.807, 2.05) is 6.92 Å². The Labute approximate surface area is 115 Å². The molecule has 19 heavy (non-hydrogen) atoms. The molecule has 1 unspecified atom stereocenters. The van der Waals surface area contributed by atoms with Crippen molar-refractivity contribution in [1.82, 2.24) is 10.3 Å². The molecule has 0 radical (unpaired) electrons. The average Bonchev–Trinajstić information content (AvgIpc) is 2.38. The lowest BCUT2D eigenvalue weighted by molar-refractivity contribution is 0.505. The standard InChI is InChI=1S/C14H13ClF2N2/c1-2-18-14(13-9(15)5-4-8-19-13)12-10(16)6-3-7-11(12)17/h3-8,14,18H,2H2,1H3. The number of rotatable bonds is 4. The van der Waals surface area contributed by atoms with Gasteiger partial charge in [-0.15, -0.1) is 0 Å². The molecule has 0 saturated heterocycles. The Balaban J connectivity index is 2.55. The number of halogens is 3. The Morgan fingerprint density at radius 3 is 2.47 bits per heavy atom. The zero-order chi connectivity index (χ0) is 13.8. The Bertz CT molecular complexity index is 555. The van der Waals surface area contributed by atoms with E-state index in [1.165, 1.54) is 18.2 Å². The number of nitrogens with zero attached hydrogens (tertiary/aromatic N) is 1. The van der Waals surface area contributed by atoms with Crippen LogP contribution in [0.4, 0.5) is 8.78 Å². The second-order valence-corrected chi connectivity index (χ2v) is 4.40. The summed E-state index contributed by atoms with van der Waals surface area (Å²) in [7, 11) is 0. The van der Waals surface area contributed by atoms with Gasteiger partial charge in [-0.3, -0.25) is 4.98 Å². The van der Waals surface area contributed by atoms with E-state index in [0.717, 1.165) is 0 Å². The minimum atomic E-state index is -0.708. The van der Waals surface area contributed by atoms with Crippen molar-refractivity contribution in [3.63, 3.8) is 0 Å². The van der Waals surface area contributed by atoms with E-state index < -0.39 is 17.7 Å². The zero-order valence-corrected chi connectivity index (χ0v) is 11.1. The van der Waals surface area contributed by atoms with Crippen LogP contribution in [0.1, 0.15) is 24.2 Å². The molecule has 2 nitrogen and oxygen atoms in total. The first-order valence-corrected chi connectivity index (χ1v) is 6.30. The largest absolute Gasteiger partial charge is 0.305 e. The van der Waals surface area contributed by atoms with Crippen LogP contribution >= 0.6 is 11.6 Å². The third-order valence-corrected chi connectivity index (χ3v) is 3.08. The van der Waals surface area contributed by atoms with E-state index in [-0.39, 0.29) is 5.56 Å². The Morgan fingerprint density at radius 1 is 1.21 bits per heavy atom. The molecule has 100 valence electrons. The first-order valence-electron chi connectivity index (χ1n) is 5.92. The van der Waals surface area contributed by atoms with Gasteiger partial charge in [-0.2, -0.15) is 0 Å². The molecular weight excluding hydrogens is 270 g/mol. The fourth-order valence-electron chi connectivity index (χ4n) is 1.94. The number of hydrogen-bond donors (Lipinski definition) is 1. The molecule has 1 heterocycles. The van der Waals surface area contributed by atoms with Crippen molar-refractivity contribution in [2.75, 3.05) is 6.54 Å². The monoisotopic (exact) mass is 282 g/mol. The zero-order valence-electron chi connectivity index (χ0n) is 10.3. The summed E-state index contributed by atoms with van der Waals surface area (Å²) in [6.45, 7) is 2.38. The van der Waals surface area contributed by atoms with Crippen molar-refractivity contribution in [2.24, 2.45) is 0 Å². The summed E-state index contributed by atoms with van der Waals surface area (Å²) in [5, 5.41) is 3.38. The van der Waals surface area contributed by atoms with Crippen molar-refractivity contribution >= 4 is 11.6 Å². The highest BCUT2D eigenvalue weighted by Crippen LogP contribution is 2.29. The predicted octanol–water partition coefficient (Wildman–Crippen LogP) is 3.71. The lowest BCUT2D eigenvalue weighted by Crippen LogP contribution is -2.25. The van der Waals surface area contributed by atoms with E-state index >= 15 is 0 Å². The average molecular weight is 283 g/mol. The van der Waals surface area contributed by atoms with E-state index in [4.69, 9.17) is 11.6 Å². The maximum atomic E-state index is 13.9. The van der Waals surface area contributed by atoms with Gasteiger partial charge in [0, 0.05) is 11.8 Å². The van der Waals surface area contributed by atoms with E-state index in [1.54, 1.807) is 18.3 Å². The fraction of sp³-hybridized carbons (Fsp3) is 0.214. The van der Waals surface area contributed by atoms with Crippen LogP contribution in [0.25, 0.3) is 0 Å². The van der Waals surface area contributed by atoms with Crippen molar-refractivity contribution in [2.45, 2.75) is 13.0 Å². The van der Waals surface area contributed by atoms with Gasteiger partial charge in [-0.1, -0.05) is 24.6 Å². The van der Waals surface area contributed by atoms with Gasteiger partial charge in [-0.25, -0.2) is 8.78 Å². The second-order valence-electron chi connectivity index (χ2n) is 4.00. The summed E-state index contributed by atoms with van der Waals surface area (Å²) in [4.78, 5) is 4.13. The topological polar surface area (TPSA) is 24.9 Å². The first kappa shape index (κ1) is 13.9. The molecule has 1 aromatic heterocycles. The summed E-state index contributed by atoms with van der Waals surface area (Å²) >= 11 is 6.06. The van der Waals surface area contributed by atoms with Crippen molar-refractivity contribution < 1.29 is 8.78 Å². The van der Waals surface area contributed by atoms with Gasteiger partial charge in [0.2, 0.25) is 0 Å². The van der Waals surface area contributed by atoms with E-state index in [9.17, 15) is 8.78 Å². The summed E-state index contributed by atoms with van der Waals surface area (Å²) < 4.78 is 27.8. The van der Waals surface area contributed by atoms with Crippen LogP contribution in [0.15, 0.2) is 36.5 Å². The van der Waals surface area contributed by atoms with Gasteiger partial charge in [0.1, 0.15) is 11.6 Å². The predicted molar refractivity (Wildman–Crippen MR) is 71.1 cm³/mol. The van der Waals surface area contributed by atoms with Gasteiger partial charge >= 0.3 is 0 Å². The van der Waals surface area contributed by atoms with E-state index in [0.29, 0.717) is 17.3 Å². The van der Waals surface area contributed by atoms with Crippen LogP contribution in [-0.4, -0.2) is 11.5 Å². The number of hydrogen-bond acceptors (Lipinski definition) is 2. The highest BCUT2D eigenvalue weighted by molar-refractivity contribution is 6.31. The second kappa shape index (κ2) is 6.08. The van der Waals surface area contributed by atoms with Crippen LogP contribution in [0, 0.1) is 11.6 Å². The maximum Gasteiger partial charge on any atom is 0.131 e. The molecule has 0 aliphatic carbocycles. The third kappa shape index (κ3) is 2.91. The summed E-state index contributed by atoms with van der Waals surface area (Å²) in [5.74, 6) is -1.24. The fourth-order valence-corrected chi connectivity index (χ4v) is 2.17. The van der Waals surface area contributed by atoms with Crippen LogP contribution in [-0.2, 0) is 0 Å². The normalized spacial score (nSPS) is 12.4. The summed E-state index contributed by atoms with van der Waals surface area (Å²) in [5.41, 5.74) is 0.347. The minimum Gasteiger partial charge on any atom is -0.305 e. The molecule has 0 fully saturated rings. The molecule has 2 aromatic rings. The Kier molecular flexibility index (Phi) is 4.45. The highest BCUT2D eigenvalue weighted by atomic mass is 35.5. The Morgan fingerprint density at radius 2 is 1.89 bits per heavy atom. The third-order valence-electron chi connectivity index (χ3n) is 2.76. The minimum absolute atomic E-state index is 0.0649. The number of pyridine rings is 1. The Hall–Kier alpha value is -1.52. The van der Waals surface area contributed by atoms with Crippen LogP contribution in [0.2, 0.25) is 5.02 Å². The number of benzene rings is 1. The van der Waals surface area contributed by atoms with Gasteiger partial charge in [0.25, 0.3) is 0 Å². The lowest BCUT2D eigenvalue weighted by atomic mass is 10.0. The number of nitrogens with one attached hydrogen (secondary N) is 1. The van der Waals surface area contributed by atoms with Crippen molar-refractivity contribution in [3.05, 3.63) is 64.4 Å².